The number of thiophene rings is 1. The monoisotopic (exact) mass is 311 g/mol. The predicted molar refractivity (Wildman–Crippen MR) is 75.3 cm³/mol. The molecule has 3 nitrogen and oxygen atoms in total. The van der Waals surface area contributed by atoms with E-state index in [9.17, 15) is 0 Å². The molecular formula is C12H14BrN3S. The van der Waals surface area contributed by atoms with E-state index >= 15 is 0 Å². The Morgan fingerprint density at radius 3 is 2.71 bits per heavy atom. The molecule has 0 fully saturated rings. The van der Waals surface area contributed by atoms with E-state index in [2.05, 4.69) is 38.1 Å². The van der Waals surface area contributed by atoms with Crippen molar-refractivity contribution < 1.29 is 0 Å². The molecule has 0 radical (unpaired) electrons. The normalized spacial score (nSPS) is 12.7. The lowest BCUT2D eigenvalue weighted by Gasteiger charge is -2.12. The molecule has 2 aromatic rings. The first kappa shape index (κ1) is 12.7. The summed E-state index contributed by atoms with van der Waals surface area (Å²) in [5.41, 5.74) is 2.17. The van der Waals surface area contributed by atoms with Crippen LogP contribution >= 0.6 is 27.3 Å². The standard InChI is InChI=1S/C12H14BrN3S/c1-7(14-3)9-6-15-12(16-8(9)2)10-4-5-11(13)17-10/h4-7,14H,1-3H3. The highest BCUT2D eigenvalue weighted by Gasteiger charge is 2.11. The fraction of sp³-hybridized carbons (Fsp3) is 0.333. The van der Waals surface area contributed by atoms with Gasteiger partial charge in [0.2, 0.25) is 0 Å². The van der Waals surface area contributed by atoms with Crippen molar-refractivity contribution in [2.24, 2.45) is 0 Å². The highest BCUT2D eigenvalue weighted by Crippen LogP contribution is 2.29. The number of nitrogens with one attached hydrogen (secondary N) is 1. The lowest BCUT2D eigenvalue weighted by atomic mass is 10.1. The molecule has 2 aromatic heterocycles. The van der Waals surface area contributed by atoms with Crippen molar-refractivity contribution in [1.82, 2.24) is 15.3 Å². The summed E-state index contributed by atoms with van der Waals surface area (Å²) in [6.45, 7) is 4.13. The van der Waals surface area contributed by atoms with E-state index in [1.807, 2.05) is 32.3 Å². The van der Waals surface area contributed by atoms with Gasteiger partial charge in [0.15, 0.2) is 5.82 Å². The van der Waals surface area contributed by atoms with Crippen molar-refractivity contribution >= 4 is 27.3 Å². The molecule has 0 bridgehead atoms. The average molecular weight is 312 g/mol. The third-order valence-electron chi connectivity index (χ3n) is 2.71. The second-order valence-corrected chi connectivity index (χ2v) is 6.31. The zero-order valence-electron chi connectivity index (χ0n) is 9.99. The zero-order valence-corrected chi connectivity index (χ0v) is 12.4. The van der Waals surface area contributed by atoms with E-state index in [4.69, 9.17) is 0 Å². The molecule has 0 aliphatic heterocycles. The molecule has 90 valence electrons. The van der Waals surface area contributed by atoms with Crippen LogP contribution in [0.5, 0.6) is 0 Å². The Hall–Kier alpha value is -0.780. The summed E-state index contributed by atoms with van der Waals surface area (Å²) in [5, 5.41) is 3.20. The molecule has 2 rings (SSSR count). The van der Waals surface area contributed by atoms with Gasteiger partial charge in [0.25, 0.3) is 0 Å². The summed E-state index contributed by atoms with van der Waals surface area (Å²) >= 11 is 5.10. The summed E-state index contributed by atoms with van der Waals surface area (Å²) in [4.78, 5) is 10.1. The minimum Gasteiger partial charge on any atom is -0.313 e. The lowest BCUT2D eigenvalue weighted by molar-refractivity contribution is 0.641. The van der Waals surface area contributed by atoms with Crippen molar-refractivity contribution in [3.63, 3.8) is 0 Å². The second kappa shape index (κ2) is 5.25. The summed E-state index contributed by atoms with van der Waals surface area (Å²) in [6.07, 6.45) is 1.91. The zero-order chi connectivity index (χ0) is 12.4. The molecule has 17 heavy (non-hydrogen) atoms. The molecule has 0 amide bonds. The van der Waals surface area contributed by atoms with Crippen LogP contribution in [-0.4, -0.2) is 17.0 Å². The van der Waals surface area contributed by atoms with Crippen molar-refractivity contribution in [3.05, 3.63) is 33.4 Å². The number of halogens is 1. The van der Waals surface area contributed by atoms with Gasteiger partial charge in [-0.15, -0.1) is 11.3 Å². The van der Waals surface area contributed by atoms with Gasteiger partial charge in [0, 0.05) is 23.5 Å². The van der Waals surface area contributed by atoms with E-state index in [0.29, 0.717) is 0 Å². The minimum absolute atomic E-state index is 0.277. The summed E-state index contributed by atoms with van der Waals surface area (Å²) in [5.74, 6) is 0.797. The molecule has 1 N–H and O–H groups in total. The predicted octanol–water partition coefficient (Wildman–Crippen LogP) is 3.56. The summed E-state index contributed by atoms with van der Waals surface area (Å²) in [6, 6.07) is 4.33. The van der Waals surface area contributed by atoms with Crippen LogP contribution in [0.15, 0.2) is 22.1 Å². The van der Waals surface area contributed by atoms with Gasteiger partial charge < -0.3 is 5.32 Å². The molecule has 0 saturated heterocycles. The summed E-state index contributed by atoms with van der Waals surface area (Å²) < 4.78 is 1.10. The van der Waals surface area contributed by atoms with Gasteiger partial charge in [-0.05, 0) is 49.0 Å². The van der Waals surface area contributed by atoms with Gasteiger partial charge in [0.05, 0.1) is 8.66 Å². The van der Waals surface area contributed by atoms with E-state index < -0.39 is 0 Å². The number of aryl methyl sites for hydroxylation is 1. The molecule has 0 aliphatic carbocycles. The van der Waals surface area contributed by atoms with Gasteiger partial charge in [-0.3, -0.25) is 0 Å². The highest BCUT2D eigenvalue weighted by molar-refractivity contribution is 9.11. The van der Waals surface area contributed by atoms with Crippen LogP contribution in [-0.2, 0) is 0 Å². The third-order valence-corrected chi connectivity index (χ3v) is 4.33. The van der Waals surface area contributed by atoms with Crippen LogP contribution in [0.3, 0.4) is 0 Å². The smallest absolute Gasteiger partial charge is 0.169 e. The Morgan fingerprint density at radius 2 is 2.18 bits per heavy atom. The Morgan fingerprint density at radius 1 is 1.41 bits per heavy atom. The van der Waals surface area contributed by atoms with Gasteiger partial charge in [-0.2, -0.15) is 0 Å². The number of rotatable bonds is 3. The number of nitrogens with zero attached hydrogens (tertiary/aromatic N) is 2. The molecule has 0 aliphatic rings. The van der Waals surface area contributed by atoms with Gasteiger partial charge in [0.1, 0.15) is 0 Å². The van der Waals surface area contributed by atoms with Crippen molar-refractivity contribution in [2.75, 3.05) is 7.05 Å². The van der Waals surface area contributed by atoms with E-state index in [1.165, 1.54) is 0 Å². The molecule has 2 heterocycles. The number of hydrogen-bond acceptors (Lipinski definition) is 4. The van der Waals surface area contributed by atoms with Crippen molar-refractivity contribution in [3.8, 4) is 10.7 Å². The van der Waals surface area contributed by atoms with Gasteiger partial charge >= 0.3 is 0 Å². The first-order valence-corrected chi connectivity index (χ1v) is 6.99. The van der Waals surface area contributed by atoms with Crippen LogP contribution in [0.2, 0.25) is 0 Å². The Kier molecular flexibility index (Phi) is 3.91. The molecule has 1 unspecified atom stereocenters. The van der Waals surface area contributed by atoms with Crippen LogP contribution in [0.25, 0.3) is 10.7 Å². The van der Waals surface area contributed by atoms with Crippen molar-refractivity contribution in [2.45, 2.75) is 19.9 Å². The maximum atomic E-state index is 4.56. The largest absolute Gasteiger partial charge is 0.313 e. The SMILES string of the molecule is CNC(C)c1cnc(-c2ccc(Br)s2)nc1C. The number of hydrogen-bond donors (Lipinski definition) is 1. The molecular weight excluding hydrogens is 298 g/mol. The van der Waals surface area contributed by atoms with Gasteiger partial charge in [-0.1, -0.05) is 0 Å². The molecule has 5 heteroatoms. The Bertz CT molecular complexity index is 524. The van der Waals surface area contributed by atoms with Crippen LogP contribution in [0.4, 0.5) is 0 Å². The molecule has 0 saturated carbocycles. The first-order valence-electron chi connectivity index (χ1n) is 5.38. The fourth-order valence-electron chi connectivity index (χ4n) is 1.61. The minimum atomic E-state index is 0.277. The average Bonchev–Trinajstić information content (AvgIpc) is 2.75. The number of aromatic nitrogens is 2. The third kappa shape index (κ3) is 2.73. The summed E-state index contributed by atoms with van der Waals surface area (Å²) in [7, 11) is 1.94. The van der Waals surface area contributed by atoms with E-state index in [1.54, 1.807) is 11.3 Å². The molecule has 0 spiro atoms. The Balaban J connectivity index is 2.37. The van der Waals surface area contributed by atoms with E-state index in [0.717, 1.165) is 25.7 Å². The quantitative estimate of drug-likeness (QED) is 0.942. The molecule has 1 atom stereocenters. The second-order valence-electron chi connectivity index (χ2n) is 3.85. The van der Waals surface area contributed by atoms with Crippen LogP contribution in [0.1, 0.15) is 24.2 Å². The van der Waals surface area contributed by atoms with Crippen LogP contribution < -0.4 is 5.32 Å². The van der Waals surface area contributed by atoms with Crippen molar-refractivity contribution in [1.29, 1.82) is 0 Å². The van der Waals surface area contributed by atoms with Gasteiger partial charge in [-0.25, -0.2) is 9.97 Å². The molecule has 0 aromatic carbocycles. The lowest BCUT2D eigenvalue weighted by Crippen LogP contribution is -2.14. The van der Waals surface area contributed by atoms with E-state index in [-0.39, 0.29) is 6.04 Å². The fourth-order valence-corrected chi connectivity index (χ4v) is 2.94. The maximum absolute atomic E-state index is 4.56. The topological polar surface area (TPSA) is 37.8 Å². The first-order chi connectivity index (χ1) is 8.11. The van der Waals surface area contributed by atoms with Crippen LogP contribution in [0, 0.1) is 6.92 Å². The Labute approximate surface area is 113 Å². The highest BCUT2D eigenvalue weighted by atomic mass is 79.9. The maximum Gasteiger partial charge on any atom is 0.169 e.